The summed E-state index contributed by atoms with van der Waals surface area (Å²) in [5.41, 5.74) is 0. The number of aliphatic hydroxyl groups excluding tert-OH is 6. The highest BCUT2D eigenvalue weighted by Crippen LogP contribution is 2.34. The maximum Gasteiger partial charge on any atom is 0.186 e. The van der Waals surface area contributed by atoms with Crippen LogP contribution in [0.25, 0.3) is 0 Å². The lowest BCUT2D eigenvalue weighted by molar-refractivity contribution is -0.302. The van der Waals surface area contributed by atoms with E-state index < -0.39 is 65.3 Å². The molecule has 2 aliphatic rings. The summed E-state index contributed by atoms with van der Waals surface area (Å²) in [4.78, 5) is 0. The summed E-state index contributed by atoms with van der Waals surface area (Å²) in [5, 5.41) is 62.3. The second kappa shape index (κ2) is 26.4. The fourth-order valence-corrected chi connectivity index (χ4v) is 8.42. The van der Waals surface area contributed by atoms with Gasteiger partial charge in [-0.3, -0.25) is 4.21 Å². The average molecular weight is 722 g/mol. The van der Waals surface area contributed by atoms with Crippen molar-refractivity contribution in [2.75, 3.05) is 25.2 Å². The first-order chi connectivity index (χ1) is 23.6. The van der Waals surface area contributed by atoms with E-state index in [2.05, 4.69) is 11.3 Å². The van der Waals surface area contributed by atoms with Gasteiger partial charge in [0.2, 0.25) is 0 Å². The largest absolute Gasteiger partial charge is 0.394 e. The number of rotatable bonds is 31. The molecule has 1 saturated carbocycles. The third-order valence-electron chi connectivity index (χ3n) is 10.4. The van der Waals surface area contributed by atoms with Crippen LogP contribution in [0.15, 0.2) is 4.36 Å². The number of nitrogens with zero attached hydrogens (tertiary/aromatic N) is 1. The van der Waals surface area contributed by atoms with Crippen LogP contribution in [-0.2, 0) is 19.2 Å². The molecule has 2 rings (SSSR count). The van der Waals surface area contributed by atoms with E-state index in [1.165, 1.54) is 103 Å². The van der Waals surface area contributed by atoms with Crippen molar-refractivity contribution < 1.29 is 44.3 Å². The SMILES string of the molecule is CCCCCCCCCCCCCC[C@@H](O)[C@@H](O)[C@H](COC1OC(CO)C(O)C(O)C1O)N=S(C)(=O)CCCCCCCCCCC1CC1. The maximum absolute atomic E-state index is 13.6. The highest BCUT2D eigenvalue weighted by molar-refractivity contribution is 7.92. The summed E-state index contributed by atoms with van der Waals surface area (Å²) in [7, 11) is -2.72. The normalized spacial score (nSPS) is 25.9. The molecule has 6 unspecified atom stereocenters. The van der Waals surface area contributed by atoms with Gasteiger partial charge in [0.1, 0.15) is 36.6 Å². The Bertz CT molecular complexity index is 927. The van der Waals surface area contributed by atoms with E-state index in [1.54, 1.807) is 6.26 Å². The molecule has 1 aliphatic carbocycles. The van der Waals surface area contributed by atoms with E-state index in [1.807, 2.05) is 0 Å². The molecule has 1 heterocycles. The van der Waals surface area contributed by atoms with Gasteiger partial charge in [-0.05, 0) is 18.8 Å². The Morgan fingerprint density at radius 1 is 0.735 bits per heavy atom. The van der Waals surface area contributed by atoms with Crippen LogP contribution in [0, 0.1) is 5.92 Å². The van der Waals surface area contributed by atoms with Crippen molar-refractivity contribution >= 4 is 9.73 Å². The van der Waals surface area contributed by atoms with Crippen molar-refractivity contribution in [2.24, 2.45) is 10.3 Å². The van der Waals surface area contributed by atoms with E-state index >= 15 is 0 Å². The number of hydrogen-bond acceptors (Lipinski definition) is 10. The molecule has 10 nitrogen and oxygen atoms in total. The van der Waals surface area contributed by atoms with Gasteiger partial charge in [-0.1, -0.05) is 148 Å². The van der Waals surface area contributed by atoms with E-state index in [-0.39, 0.29) is 6.61 Å². The van der Waals surface area contributed by atoms with Crippen molar-refractivity contribution in [3.63, 3.8) is 0 Å². The lowest BCUT2D eigenvalue weighted by Crippen LogP contribution is -2.59. The summed E-state index contributed by atoms with van der Waals surface area (Å²) >= 11 is 0. The molecule has 11 heteroatoms. The summed E-state index contributed by atoms with van der Waals surface area (Å²) in [6, 6.07) is -1.06. The van der Waals surface area contributed by atoms with Gasteiger partial charge >= 0.3 is 0 Å². The molecule has 292 valence electrons. The van der Waals surface area contributed by atoms with Crippen molar-refractivity contribution in [3.8, 4) is 0 Å². The Morgan fingerprint density at radius 3 is 1.78 bits per heavy atom. The Balaban J connectivity index is 1.82. The van der Waals surface area contributed by atoms with E-state index in [4.69, 9.17) is 9.47 Å². The van der Waals surface area contributed by atoms with Gasteiger partial charge in [0.15, 0.2) is 6.29 Å². The predicted molar refractivity (Wildman–Crippen MR) is 197 cm³/mol. The van der Waals surface area contributed by atoms with Crippen molar-refractivity contribution in [3.05, 3.63) is 0 Å². The summed E-state index contributed by atoms with van der Waals surface area (Å²) in [6.07, 6.45) is 19.9. The van der Waals surface area contributed by atoms with Crippen molar-refractivity contribution in [1.29, 1.82) is 0 Å². The zero-order chi connectivity index (χ0) is 35.9. The highest BCUT2D eigenvalue weighted by atomic mass is 32.2. The average Bonchev–Trinajstić information content (AvgIpc) is 3.91. The molecular weight excluding hydrogens is 646 g/mol. The number of ether oxygens (including phenoxy) is 2. The van der Waals surface area contributed by atoms with Crippen LogP contribution in [-0.4, -0.2) is 109 Å². The second-order valence-corrected chi connectivity index (χ2v) is 17.7. The molecule has 0 aromatic heterocycles. The van der Waals surface area contributed by atoms with Crippen LogP contribution in [0.4, 0.5) is 0 Å². The molecule has 2 fully saturated rings. The molecule has 49 heavy (non-hydrogen) atoms. The predicted octanol–water partition coefficient (Wildman–Crippen LogP) is 6.00. The molecule has 1 saturated heterocycles. The summed E-state index contributed by atoms with van der Waals surface area (Å²) in [5.74, 6) is 1.38. The minimum Gasteiger partial charge on any atom is -0.394 e. The van der Waals surface area contributed by atoms with Gasteiger partial charge in [0.25, 0.3) is 0 Å². The molecule has 0 aromatic rings. The number of unbranched alkanes of at least 4 members (excludes halogenated alkanes) is 18. The fourth-order valence-electron chi connectivity index (χ4n) is 6.82. The zero-order valence-corrected chi connectivity index (χ0v) is 31.9. The fraction of sp³-hybridized carbons (Fsp3) is 1.00. The van der Waals surface area contributed by atoms with Gasteiger partial charge in [-0.15, -0.1) is 0 Å². The Hall–Kier alpha value is -0.370. The molecular formula is C38H75NO9S. The molecule has 1 aliphatic heterocycles. The molecule has 9 atom stereocenters. The van der Waals surface area contributed by atoms with E-state index in [9.17, 15) is 34.8 Å². The van der Waals surface area contributed by atoms with Gasteiger partial charge in [0.05, 0.1) is 19.3 Å². The van der Waals surface area contributed by atoms with Crippen LogP contribution < -0.4 is 0 Å². The second-order valence-electron chi connectivity index (χ2n) is 15.2. The first kappa shape index (κ1) is 44.8. The standard InChI is InChI=1S/C38H75NO9S/c1-3-4-5-6-7-8-9-10-11-15-18-21-24-32(41)34(42)31(29-47-38-37(45)36(44)35(43)33(28-40)48-38)39-49(2,46)27-22-19-16-13-12-14-17-20-23-30-25-26-30/h30-38,40-45H,3-29H2,1-2H3/t31-,32+,33?,34-,35?,36?,37?,38?,49?/m0/s1. The zero-order valence-electron chi connectivity index (χ0n) is 31.1. The minimum absolute atomic E-state index is 0.328. The van der Waals surface area contributed by atoms with Crippen molar-refractivity contribution in [2.45, 2.75) is 210 Å². The first-order valence-electron chi connectivity index (χ1n) is 20.1. The Labute approximate surface area is 299 Å². The van der Waals surface area contributed by atoms with Crippen LogP contribution >= 0.6 is 0 Å². The minimum atomic E-state index is -2.72. The molecule has 0 amide bonds. The topological polar surface area (TPSA) is 169 Å². The van der Waals surface area contributed by atoms with Crippen LogP contribution in [0.2, 0.25) is 0 Å². The third kappa shape index (κ3) is 19.9. The van der Waals surface area contributed by atoms with Crippen LogP contribution in [0.5, 0.6) is 0 Å². The summed E-state index contributed by atoms with van der Waals surface area (Å²) in [6.45, 7) is 1.31. The number of aliphatic hydroxyl groups is 6. The third-order valence-corrected chi connectivity index (χ3v) is 12.1. The molecule has 6 N–H and O–H groups in total. The molecule has 0 spiro atoms. The number of hydrogen-bond donors (Lipinski definition) is 6. The van der Waals surface area contributed by atoms with Gasteiger partial charge in [-0.2, -0.15) is 0 Å². The smallest absolute Gasteiger partial charge is 0.186 e. The molecule has 0 bridgehead atoms. The quantitative estimate of drug-likeness (QED) is 0.0470. The van der Waals surface area contributed by atoms with Gasteiger partial charge in [-0.25, -0.2) is 4.36 Å². The Kier molecular flexibility index (Phi) is 24.1. The molecule has 0 aromatic carbocycles. The lowest BCUT2D eigenvalue weighted by atomic mass is 9.99. The van der Waals surface area contributed by atoms with E-state index in [0.717, 1.165) is 50.9 Å². The van der Waals surface area contributed by atoms with Crippen LogP contribution in [0.3, 0.4) is 0 Å². The Morgan fingerprint density at radius 2 is 1.24 bits per heavy atom. The van der Waals surface area contributed by atoms with E-state index in [0.29, 0.717) is 12.2 Å². The first-order valence-corrected chi connectivity index (χ1v) is 22.2. The monoisotopic (exact) mass is 722 g/mol. The lowest BCUT2D eigenvalue weighted by Gasteiger charge is -2.40. The maximum atomic E-state index is 13.6. The molecule has 0 radical (unpaired) electrons. The highest BCUT2D eigenvalue weighted by Gasteiger charge is 2.44. The van der Waals surface area contributed by atoms with Gasteiger partial charge in [0, 0.05) is 21.7 Å². The summed E-state index contributed by atoms with van der Waals surface area (Å²) < 4.78 is 29.2. The van der Waals surface area contributed by atoms with Crippen LogP contribution in [0.1, 0.15) is 161 Å². The van der Waals surface area contributed by atoms with Gasteiger partial charge < -0.3 is 40.1 Å². The van der Waals surface area contributed by atoms with Crippen molar-refractivity contribution in [1.82, 2.24) is 0 Å².